The minimum Gasteiger partial charge on any atom is -0.460 e. The molecule has 0 aliphatic heterocycles. The molecule has 0 saturated carbocycles. The molecule has 0 saturated heterocycles. The number of halogens is 1. The fourth-order valence-corrected chi connectivity index (χ4v) is 1.99. The SMILES string of the molecule is CCOC(=O)c1nsc(-c2ccc(Cl)cc2)n1. The summed E-state index contributed by atoms with van der Waals surface area (Å²) in [7, 11) is 0. The first-order valence-corrected chi connectivity index (χ1v) is 6.12. The van der Waals surface area contributed by atoms with Crippen LogP contribution < -0.4 is 0 Å². The molecule has 0 spiro atoms. The third kappa shape index (κ3) is 2.81. The molecular weight excluding hydrogens is 260 g/mol. The summed E-state index contributed by atoms with van der Waals surface area (Å²) >= 11 is 6.95. The molecule has 6 heteroatoms. The predicted octanol–water partition coefficient (Wildman–Crippen LogP) is 3.04. The summed E-state index contributed by atoms with van der Waals surface area (Å²) in [6.45, 7) is 2.05. The van der Waals surface area contributed by atoms with E-state index in [1.807, 2.05) is 12.1 Å². The van der Waals surface area contributed by atoms with Crippen molar-refractivity contribution in [3.63, 3.8) is 0 Å². The molecule has 1 heterocycles. The van der Waals surface area contributed by atoms with E-state index < -0.39 is 5.97 Å². The van der Waals surface area contributed by atoms with Gasteiger partial charge in [0, 0.05) is 10.6 Å². The Bertz CT molecular complexity index is 525. The lowest BCUT2D eigenvalue weighted by molar-refractivity contribution is 0.0514. The number of rotatable bonds is 3. The molecule has 0 aliphatic carbocycles. The van der Waals surface area contributed by atoms with Crippen LogP contribution in [0.1, 0.15) is 17.5 Å². The van der Waals surface area contributed by atoms with Gasteiger partial charge in [0.05, 0.1) is 6.61 Å². The average molecular weight is 269 g/mol. The molecule has 1 aromatic carbocycles. The summed E-state index contributed by atoms with van der Waals surface area (Å²) in [4.78, 5) is 15.5. The van der Waals surface area contributed by atoms with Crippen LogP contribution >= 0.6 is 23.1 Å². The zero-order valence-corrected chi connectivity index (χ0v) is 10.6. The fourth-order valence-electron chi connectivity index (χ4n) is 1.21. The summed E-state index contributed by atoms with van der Waals surface area (Å²) in [5.74, 6) is -0.397. The maximum atomic E-state index is 11.4. The normalized spacial score (nSPS) is 10.2. The quantitative estimate of drug-likeness (QED) is 0.803. The second kappa shape index (κ2) is 5.25. The first-order valence-electron chi connectivity index (χ1n) is 4.97. The molecule has 0 fully saturated rings. The first kappa shape index (κ1) is 12.0. The van der Waals surface area contributed by atoms with Crippen molar-refractivity contribution in [3.8, 4) is 10.6 Å². The number of carbonyl (C=O) groups excluding carboxylic acids is 1. The van der Waals surface area contributed by atoms with Gasteiger partial charge in [-0.2, -0.15) is 4.37 Å². The van der Waals surface area contributed by atoms with Crippen LogP contribution in [-0.4, -0.2) is 21.9 Å². The molecular formula is C11H9ClN2O2S. The Morgan fingerprint density at radius 2 is 2.12 bits per heavy atom. The number of carbonyl (C=O) groups is 1. The number of benzene rings is 1. The molecule has 2 rings (SSSR count). The standard InChI is InChI=1S/C11H9ClN2O2S/c1-2-16-11(15)9-13-10(17-14-9)7-3-5-8(12)6-4-7/h3-6H,2H2,1H3. The van der Waals surface area contributed by atoms with Gasteiger partial charge < -0.3 is 4.74 Å². The molecule has 0 radical (unpaired) electrons. The van der Waals surface area contributed by atoms with Crippen LogP contribution in [0.3, 0.4) is 0 Å². The smallest absolute Gasteiger partial charge is 0.377 e. The molecule has 0 atom stereocenters. The van der Waals surface area contributed by atoms with Gasteiger partial charge in [0.25, 0.3) is 5.82 Å². The van der Waals surface area contributed by atoms with E-state index in [4.69, 9.17) is 16.3 Å². The van der Waals surface area contributed by atoms with E-state index in [0.717, 1.165) is 17.1 Å². The van der Waals surface area contributed by atoms with Crippen molar-refractivity contribution in [1.82, 2.24) is 9.36 Å². The Kier molecular flexibility index (Phi) is 3.71. The lowest BCUT2D eigenvalue weighted by atomic mass is 10.2. The molecule has 1 aromatic heterocycles. The summed E-state index contributed by atoms with van der Waals surface area (Å²) < 4.78 is 8.77. The lowest BCUT2D eigenvalue weighted by Crippen LogP contribution is -2.06. The number of hydrogen-bond acceptors (Lipinski definition) is 5. The van der Waals surface area contributed by atoms with Gasteiger partial charge in [0.15, 0.2) is 0 Å². The maximum absolute atomic E-state index is 11.4. The van der Waals surface area contributed by atoms with Crippen LogP contribution in [0.15, 0.2) is 24.3 Å². The molecule has 2 aromatic rings. The van der Waals surface area contributed by atoms with Gasteiger partial charge in [-0.3, -0.25) is 0 Å². The van der Waals surface area contributed by atoms with Gasteiger partial charge in [0.1, 0.15) is 5.01 Å². The van der Waals surface area contributed by atoms with E-state index in [-0.39, 0.29) is 5.82 Å². The van der Waals surface area contributed by atoms with E-state index in [1.54, 1.807) is 19.1 Å². The fraction of sp³-hybridized carbons (Fsp3) is 0.182. The highest BCUT2D eigenvalue weighted by Crippen LogP contribution is 2.23. The van der Waals surface area contributed by atoms with Gasteiger partial charge in [-0.05, 0) is 30.6 Å². The topological polar surface area (TPSA) is 52.1 Å². The molecule has 0 unspecified atom stereocenters. The summed E-state index contributed by atoms with van der Waals surface area (Å²) in [6.07, 6.45) is 0. The van der Waals surface area contributed by atoms with Crippen LogP contribution in [0.4, 0.5) is 0 Å². The Balaban J connectivity index is 2.23. The van der Waals surface area contributed by atoms with Crippen molar-refractivity contribution in [1.29, 1.82) is 0 Å². The van der Waals surface area contributed by atoms with Crippen molar-refractivity contribution >= 4 is 29.1 Å². The van der Waals surface area contributed by atoms with Crippen LogP contribution in [0.5, 0.6) is 0 Å². The van der Waals surface area contributed by atoms with Crippen LogP contribution in [0.25, 0.3) is 10.6 Å². The van der Waals surface area contributed by atoms with Gasteiger partial charge >= 0.3 is 5.97 Å². The maximum Gasteiger partial charge on any atom is 0.377 e. The van der Waals surface area contributed by atoms with E-state index in [2.05, 4.69) is 9.36 Å². The monoisotopic (exact) mass is 268 g/mol. The number of aromatic nitrogens is 2. The molecule has 0 N–H and O–H groups in total. The van der Waals surface area contributed by atoms with Crippen molar-refractivity contribution < 1.29 is 9.53 Å². The number of hydrogen-bond donors (Lipinski definition) is 0. The summed E-state index contributed by atoms with van der Waals surface area (Å²) in [6, 6.07) is 7.19. The zero-order valence-electron chi connectivity index (χ0n) is 9.01. The molecule has 4 nitrogen and oxygen atoms in total. The zero-order chi connectivity index (χ0) is 12.3. The van der Waals surface area contributed by atoms with E-state index in [0.29, 0.717) is 16.6 Å². The molecule has 0 amide bonds. The molecule has 0 bridgehead atoms. The van der Waals surface area contributed by atoms with E-state index >= 15 is 0 Å². The van der Waals surface area contributed by atoms with Crippen molar-refractivity contribution in [2.45, 2.75) is 6.92 Å². The van der Waals surface area contributed by atoms with Crippen LogP contribution in [0, 0.1) is 0 Å². The van der Waals surface area contributed by atoms with E-state index in [9.17, 15) is 4.79 Å². The third-order valence-electron chi connectivity index (χ3n) is 1.98. The van der Waals surface area contributed by atoms with Gasteiger partial charge in [0.2, 0.25) is 0 Å². The van der Waals surface area contributed by atoms with Crippen molar-refractivity contribution in [3.05, 3.63) is 35.1 Å². The van der Waals surface area contributed by atoms with Gasteiger partial charge in [-0.15, -0.1) is 0 Å². The number of esters is 1. The highest BCUT2D eigenvalue weighted by atomic mass is 35.5. The highest BCUT2D eigenvalue weighted by Gasteiger charge is 2.14. The number of ether oxygens (including phenoxy) is 1. The predicted molar refractivity (Wildman–Crippen MR) is 66.3 cm³/mol. The first-order chi connectivity index (χ1) is 8.20. The largest absolute Gasteiger partial charge is 0.460 e. The molecule has 88 valence electrons. The van der Waals surface area contributed by atoms with Crippen LogP contribution in [-0.2, 0) is 4.74 Å². The second-order valence-corrected chi connectivity index (χ2v) is 4.34. The minimum atomic E-state index is -0.496. The van der Waals surface area contributed by atoms with Crippen molar-refractivity contribution in [2.75, 3.05) is 6.61 Å². The number of nitrogens with zero attached hydrogens (tertiary/aromatic N) is 2. The molecule has 17 heavy (non-hydrogen) atoms. The third-order valence-corrected chi connectivity index (χ3v) is 2.99. The summed E-state index contributed by atoms with van der Waals surface area (Å²) in [5, 5.41) is 1.33. The van der Waals surface area contributed by atoms with Crippen LogP contribution in [0.2, 0.25) is 5.02 Å². The minimum absolute atomic E-state index is 0.0989. The average Bonchev–Trinajstić information content (AvgIpc) is 2.80. The Morgan fingerprint density at radius 3 is 2.76 bits per heavy atom. The van der Waals surface area contributed by atoms with Gasteiger partial charge in [-0.1, -0.05) is 23.7 Å². The summed E-state index contributed by atoms with van der Waals surface area (Å²) in [5.41, 5.74) is 0.877. The molecule has 0 aliphatic rings. The van der Waals surface area contributed by atoms with Gasteiger partial charge in [-0.25, -0.2) is 9.78 Å². The highest BCUT2D eigenvalue weighted by molar-refractivity contribution is 7.09. The van der Waals surface area contributed by atoms with Crippen molar-refractivity contribution in [2.24, 2.45) is 0 Å². The lowest BCUT2D eigenvalue weighted by Gasteiger charge is -1.96. The Morgan fingerprint density at radius 1 is 1.41 bits per heavy atom. The second-order valence-electron chi connectivity index (χ2n) is 3.15. The Hall–Kier alpha value is -1.46. The Labute approximate surface area is 107 Å². The van der Waals surface area contributed by atoms with E-state index in [1.165, 1.54) is 0 Å².